The minimum absolute atomic E-state index is 0.0510. The van der Waals surface area contributed by atoms with Crippen molar-refractivity contribution in [3.8, 4) is 0 Å². The number of nitrogens with one attached hydrogen (secondary N) is 1. The molecule has 1 aromatic rings. The van der Waals surface area contributed by atoms with Gasteiger partial charge in [-0.3, -0.25) is 4.79 Å². The zero-order valence-corrected chi connectivity index (χ0v) is 14.0. The number of carbonyl (C=O) groups is 1. The Balaban J connectivity index is 2.16. The van der Waals surface area contributed by atoms with Crippen molar-refractivity contribution in [3.63, 3.8) is 0 Å². The molecule has 1 amide bonds. The quantitative estimate of drug-likeness (QED) is 0.844. The lowest BCUT2D eigenvalue weighted by Gasteiger charge is -2.20. The summed E-state index contributed by atoms with van der Waals surface area (Å²) in [5.41, 5.74) is 1.29. The van der Waals surface area contributed by atoms with Crippen LogP contribution in [0.1, 0.15) is 42.6 Å². The van der Waals surface area contributed by atoms with Gasteiger partial charge in [0.2, 0.25) is 0 Å². The Morgan fingerprint density at radius 3 is 2.48 bits per heavy atom. The van der Waals surface area contributed by atoms with E-state index in [2.05, 4.69) is 19.2 Å². The van der Waals surface area contributed by atoms with Crippen LogP contribution in [0.4, 0.5) is 0 Å². The average Bonchev–Trinajstić information content (AvgIpc) is 3.16. The van der Waals surface area contributed by atoms with Crippen LogP contribution in [0.2, 0.25) is 0 Å². The maximum absolute atomic E-state index is 12.3. The molecule has 6 heteroatoms. The highest BCUT2D eigenvalue weighted by atomic mass is 35.7. The predicted molar refractivity (Wildman–Crippen MR) is 83.1 cm³/mol. The third kappa shape index (κ3) is 3.58. The summed E-state index contributed by atoms with van der Waals surface area (Å²) in [6.45, 7) is 6.71. The molecule has 1 saturated carbocycles. The molecule has 0 bridgehead atoms. The van der Waals surface area contributed by atoms with Gasteiger partial charge in [-0.05, 0) is 48.8 Å². The summed E-state index contributed by atoms with van der Waals surface area (Å²) >= 11 is 0. The van der Waals surface area contributed by atoms with Gasteiger partial charge in [0.15, 0.2) is 0 Å². The minimum atomic E-state index is -3.83. The molecule has 0 radical (unpaired) electrons. The molecule has 0 aliphatic heterocycles. The summed E-state index contributed by atoms with van der Waals surface area (Å²) in [5.74, 6) is 0.273. The van der Waals surface area contributed by atoms with Gasteiger partial charge in [0.1, 0.15) is 0 Å². The van der Waals surface area contributed by atoms with E-state index in [1.54, 1.807) is 13.0 Å². The molecular weight excluding hydrogens is 310 g/mol. The average molecular weight is 330 g/mol. The number of rotatable bonds is 5. The largest absolute Gasteiger partial charge is 0.351 e. The molecule has 1 fully saturated rings. The Kier molecular flexibility index (Phi) is 4.36. The number of hydrogen-bond acceptors (Lipinski definition) is 3. The van der Waals surface area contributed by atoms with Crippen molar-refractivity contribution in [2.45, 2.75) is 38.5 Å². The zero-order valence-electron chi connectivity index (χ0n) is 12.4. The van der Waals surface area contributed by atoms with E-state index in [1.807, 2.05) is 0 Å². The van der Waals surface area contributed by atoms with Crippen molar-refractivity contribution in [1.82, 2.24) is 5.32 Å². The highest BCUT2D eigenvalue weighted by Gasteiger charge is 2.45. The van der Waals surface area contributed by atoms with Crippen LogP contribution in [-0.4, -0.2) is 20.9 Å². The van der Waals surface area contributed by atoms with E-state index in [4.69, 9.17) is 10.7 Å². The Morgan fingerprint density at radius 2 is 2.00 bits per heavy atom. The van der Waals surface area contributed by atoms with Gasteiger partial charge in [-0.2, -0.15) is 0 Å². The molecule has 0 heterocycles. The van der Waals surface area contributed by atoms with Crippen LogP contribution in [0, 0.1) is 18.3 Å². The van der Waals surface area contributed by atoms with Crippen LogP contribution in [0.25, 0.3) is 0 Å². The molecule has 1 N–H and O–H groups in total. The monoisotopic (exact) mass is 329 g/mol. The maximum atomic E-state index is 12.3. The van der Waals surface area contributed by atoms with Gasteiger partial charge >= 0.3 is 0 Å². The summed E-state index contributed by atoms with van der Waals surface area (Å²) in [6, 6.07) is 4.34. The summed E-state index contributed by atoms with van der Waals surface area (Å²) < 4.78 is 22.7. The molecule has 0 atom stereocenters. The van der Waals surface area contributed by atoms with Crippen LogP contribution in [-0.2, 0) is 9.05 Å². The van der Waals surface area contributed by atoms with Gasteiger partial charge in [0, 0.05) is 22.8 Å². The third-order valence-electron chi connectivity index (χ3n) is 4.45. The Morgan fingerprint density at radius 1 is 1.38 bits per heavy atom. The SMILES string of the molecule is Cc1ccc(S(=O)(=O)Cl)cc1C(=O)NCC1(C(C)C)CC1. The summed E-state index contributed by atoms with van der Waals surface area (Å²) in [6.07, 6.45) is 2.25. The van der Waals surface area contributed by atoms with Gasteiger partial charge < -0.3 is 5.32 Å². The van der Waals surface area contributed by atoms with Crippen molar-refractivity contribution in [1.29, 1.82) is 0 Å². The van der Waals surface area contributed by atoms with E-state index in [0.717, 1.165) is 18.4 Å². The van der Waals surface area contributed by atoms with Crippen molar-refractivity contribution >= 4 is 25.6 Å². The van der Waals surface area contributed by atoms with Crippen molar-refractivity contribution in [2.24, 2.45) is 11.3 Å². The van der Waals surface area contributed by atoms with Crippen LogP contribution >= 0.6 is 10.7 Å². The Hall–Kier alpha value is -1.07. The lowest BCUT2D eigenvalue weighted by molar-refractivity contribution is 0.0939. The number of halogens is 1. The van der Waals surface area contributed by atoms with E-state index in [1.165, 1.54) is 12.1 Å². The summed E-state index contributed by atoms with van der Waals surface area (Å²) in [4.78, 5) is 12.2. The van der Waals surface area contributed by atoms with E-state index in [9.17, 15) is 13.2 Å². The number of carbonyl (C=O) groups excluding carboxylic acids is 1. The predicted octanol–water partition coefficient (Wildman–Crippen LogP) is 3.09. The van der Waals surface area contributed by atoms with Gasteiger partial charge in [0.05, 0.1) is 4.90 Å². The highest BCUT2D eigenvalue weighted by molar-refractivity contribution is 8.13. The van der Waals surface area contributed by atoms with E-state index in [-0.39, 0.29) is 16.2 Å². The fourth-order valence-corrected chi connectivity index (χ4v) is 3.24. The molecule has 0 aromatic heterocycles. The standard InChI is InChI=1S/C15H20ClNO3S/c1-10(2)15(6-7-15)9-17-14(18)13-8-12(21(16,19)20)5-4-11(13)3/h4-5,8,10H,6-7,9H2,1-3H3,(H,17,18). The first-order valence-corrected chi connectivity index (χ1v) is 9.30. The second-order valence-electron chi connectivity index (χ2n) is 6.11. The molecule has 116 valence electrons. The Bertz CT molecular complexity index is 663. The van der Waals surface area contributed by atoms with Crippen LogP contribution in [0.5, 0.6) is 0 Å². The first-order chi connectivity index (χ1) is 9.66. The second kappa shape index (κ2) is 5.61. The summed E-state index contributed by atoms with van der Waals surface area (Å²) in [7, 11) is 1.50. The molecular formula is C15H20ClNO3S. The lowest BCUT2D eigenvalue weighted by atomic mass is 9.92. The molecule has 0 saturated heterocycles. The number of benzene rings is 1. The van der Waals surface area contributed by atoms with E-state index < -0.39 is 9.05 Å². The third-order valence-corrected chi connectivity index (χ3v) is 5.80. The molecule has 1 aliphatic carbocycles. The van der Waals surface area contributed by atoms with Gasteiger partial charge in [-0.25, -0.2) is 8.42 Å². The molecule has 1 aliphatic rings. The highest BCUT2D eigenvalue weighted by Crippen LogP contribution is 2.51. The van der Waals surface area contributed by atoms with E-state index in [0.29, 0.717) is 18.0 Å². The first-order valence-electron chi connectivity index (χ1n) is 6.99. The topological polar surface area (TPSA) is 63.2 Å². The van der Waals surface area contributed by atoms with Crippen LogP contribution in [0.15, 0.2) is 23.1 Å². The fourth-order valence-electron chi connectivity index (χ4n) is 2.47. The number of aryl methyl sites for hydroxylation is 1. The lowest BCUT2D eigenvalue weighted by Crippen LogP contribution is -2.33. The zero-order chi connectivity index (χ0) is 15.8. The Labute approximate surface area is 130 Å². The molecule has 4 nitrogen and oxygen atoms in total. The smallest absolute Gasteiger partial charge is 0.261 e. The second-order valence-corrected chi connectivity index (χ2v) is 8.68. The molecule has 2 rings (SSSR count). The molecule has 1 aromatic carbocycles. The minimum Gasteiger partial charge on any atom is -0.351 e. The number of hydrogen-bond donors (Lipinski definition) is 1. The normalized spacial score (nSPS) is 16.8. The molecule has 0 unspecified atom stereocenters. The molecule has 21 heavy (non-hydrogen) atoms. The van der Waals surface area contributed by atoms with E-state index >= 15 is 0 Å². The summed E-state index contributed by atoms with van der Waals surface area (Å²) in [5, 5.41) is 2.93. The van der Waals surface area contributed by atoms with Crippen molar-refractivity contribution < 1.29 is 13.2 Å². The van der Waals surface area contributed by atoms with Crippen LogP contribution < -0.4 is 5.32 Å². The van der Waals surface area contributed by atoms with Gasteiger partial charge in [-0.15, -0.1) is 0 Å². The van der Waals surface area contributed by atoms with Crippen LogP contribution in [0.3, 0.4) is 0 Å². The molecule has 0 spiro atoms. The van der Waals surface area contributed by atoms with Crippen molar-refractivity contribution in [3.05, 3.63) is 29.3 Å². The van der Waals surface area contributed by atoms with Crippen molar-refractivity contribution in [2.75, 3.05) is 6.54 Å². The number of amides is 1. The van der Waals surface area contributed by atoms with Gasteiger partial charge in [0.25, 0.3) is 15.0 Å². The van der Waals surface area contributed by atoms with Gasteiger partial charge in [-0.1, -0.05) is 19.9 Å². The maximum Gasteiger partial charge on any atom is 0.261 e. The fraction of sp³-hybridized carbons (Fsp3) is 0.533. The first kappa shape index (κ1) is 16.3.